The number of hydrogen-bond acceptors (Lipinski definition) is 3. The molecule has 0 N–H and O–H groups in total. The summed E-state index contributed by atoms with van der Waals surface area (Å²) in [6, 6.07) is 17.8. The Bertz CT molecular complexity index is 1100. The van der Waals surface area contributed by atoms with E-state index >= 15 is 0 Å². The van der Waals surface area contributed by atoms with E-state index in [-0.39, 0.29) is 0 Å². The fourth-order valence-corrected chi connectivity index (χ4v) is 8.52. The maximum Gasteiger partial charge on any atom is 0.500 e. The molecule has 0 bridgehead atoms. The third-order valence-corrected chi connectivity index (χ3v) is 10.9. The number of unbranched alkanes of at least 4 members (excludes halogenated alkanes) is 7. The highest BCUT2D eigenvalue weighted by Gasteiger charge is 2.39. The minimum atomic E-state index is -2.38. The monoisotopic (exact) mass is 554 g/mol. The highest BCUT2D eigenvalue weighted by molar-refractivity contribution is 6.60. The molecule has 0 heterocycles. The molecule has 0 aliphatic heterocycles. The molecule has 39 heavy (non-hydrogen) atoms. The van der Waals surface area contributed by atoms with Crippen LogP contribution in [-0.4, -0.2) is 28.6 Å². The van der Waals surface area contributed by atoms with Crippen molar-refractivity contribution in [2.75, 3.05) is 19.8 Å². The zero-order valence-corrected chi connectivity index (χ0v) is 25.9. The fraction of sp³-hybridized carbons (Fsp3) is 0.588. The van der Waals surface area contributed by atoms with E-state index in [9.17, 15) is 4.39 Å². The predicted molar refractivity (Wildman–Crippen MR) is 166 cm³/mol. The molecule has 216 valence electrons. The van der Waals surface area contributed by atoms with Crippen LogP contribution in [-0.2, 0) is 19.7 Å². The molecule has 0 spiro atoms. The lowest BCUT2D eigenvalue weighted by atomic mass is 9.85. The zero-order valence-electron chi connectivity index (χ0n) is 24.9. The Morgan fingerprint density at radius 2 is 1.31 bits per heavy atom. The molecule has 0 amide bonds. The smallest absolute Gasteiger partial charge is 0.374 e. The van der Waals surface area contributed by atoms with E-state index in [1.54, 1.807) is 0 Å². The summed E-state index contributed by atoms with van der Waals surface area (Å²) in [7, 11) is -2.38. The molecule has 1 atom stereocenters. The number of halogens is 1. The van der Waals surface area contributed by atoms with Crippen molar-refractivity contribution in [2.24, 2.45) is 0 Å². The third kappa shape index (κ3) is 9.11. The van der Waals surface area contributed by atoms with E-state index in [4.69, 9.17) is 13.3 Å². The second-order valence-corrected chi connectivity index (χ2v) is 13.3. The molecule has 0 fully saturated rings. The Labute approximate surface area is 237 Å². The van der Waals surface area contributed by atoms with Gasteiger partial charge in [-0.3, -0.25) is 0 Å². The number of rotatable bonds is 15. The highest BCUT2D eigenvalue weighted by atomic mass is 28.4. The first-order chi connectivity index (χ1) is 19.1. The summed E-state index contributed by atoms with van der Waals surface area (Å²) in [5.41, 5.74) is 2.14. The maximum absolute atomic E-state index is 14.0. The van der Waals surface area contributed by atoms with Crippen LogP contribution in [0, 0.1) is 0 Å². The molecule has 3 nitrogen and oxygen atoms in total. The van der Waals surface area contributed by atoms with Crippen LogP contribution >= 0.6 is 0 Å². The van der Waals surface area contributed by atoms with Crippen LogP contribution in [0.1, 0.15) is 109 Å². The maximum atomic E-state index is 14.0. The number of aryl methyl sites for hydroxylation is 1. The molecule has 1 aliphatic carbocycles. The summed E-state index contributed by atoms with van der Waals surface area (Å²) in [5.74, 6) is 0. The van der Waals surface area contributed by atoms with E-state index in [0.29, 0.717) is 26.2 Å². The van der Waals surface area contributed by atoms with Gasteiger partial charge in [-0.2, -0.15) is 0 Å². The molecule has 1 aliphatic rings. The Balaban J connectivity index is 0.000000215. The first kappa shape index (κ1) is 31.7. The van der Waals surface area contributed by atoms with Crippen LogP contribution in [0.25, 0.3) is 21.5 Å². The van der Waals surface area contributed by atoms with E-state index in [1.807, 2.05) is 26.8 Å². The van der Waals surface area contributed by atoms with Gasteiger partial charge in [0.2, 0.25) is 0 Å². The number of fused-ring (bicyclic) bond motifs is 5. The lowest BCUT2D eigenvalue weighted by Gasteiger charge is -2.28. The molecular formula is C34H51FO3Si. The van der Waals surface area contributed by atoms with Crippen molar-refractivity contribution in [1.82, 2.24) is 0 Å². The summed E-state index contributed by atoms with van der Waals surface area (Å²) in [5, 5.41) is 5.01. The van der Waals surface area contributed by atoms with Crippen molar-refractivity contribution in [3.63, 3.8) is 0 Å². The zero-order chi connectivity index (χ0) is 27.9. The van der Waals surface area contributed by atoms with Gasteiger partial charge in [-0.1, -0.05) is 100 Å². The molecular weight excluding hydrogens is 503 g/mol. The van der Waals surface area contributed by atoms with Gasteiger partial charge in [-0.15, -0.1) is 0 Å². The van der Waals surface area contributed by atoms with Gasteiger partial charge < -0.3 is 13.3 Å². The van der Waals surface area contributed by atoms with Crippen LogP contribution in [0.4, 0.5) is 4.39 Å². The van der Waals surface area contributed by atoms with Crippen molar-refractivity contribution in [3.05, 3.63) is 59.7 Å². The van der Waals surface area contributed by atoms with E-state index < -0.39 is 15.0 Å². The molecule has 1 unspecified atom stereocenters. The standard InChI is InChI=1S/C18H15F.C16H36O3Si/c19-18-7-3-6-14-16-9-8-12-4-1-2-5-13(12)15(16)10-11-17(14)18;1-5-9-10-11-12-13-14-15-16-20(17-6-2,18-7-3)19-8-4/h1-2,4-5,8-11,18H,3,6-7H2;5-16H2,1-4H3. The average molecular weight is 555 g/mol. The van der Waals surface area contributed by atoms with Gasteiger partial charge in [-0.25, -0.2) is 4.39 Å². The summed E-state index contributed by atoms with van der Waals surface area (Å²) >= 11 is 0. The number of hydrogen-bond donors (Lipinski definition) is 0. The summed E-state index contributed by atoms with van der Waals surface area (Å²) in [6.07, 6.45) is 12.5. The lowest BCUT2D eigenvalue weighted by Crippen LogP contribution is -2.45. The summed E-state index contributed by atoms with van der Waals surface area (Å²) in [6.45, 7) is 10.4. The second-order valence-electron chi connectivity index (χ2n) is 10.6. The van der Waals surface area contributed by atoms with E-state index in [2.05, 4.69) is 49.4 Å². The Morgan fingerprint density at radius 1 is 0.692 bits per heavy atom. The highest BCUT2D eigenvalue weighted by Crippen LogP contribution is 2.38. The summed E-state index contributed by atoms with van der Waals surface area (Å²) in [4.78, 5) is 0. The largest absolute Gasteiger partial charge is 0.500 e. The topological polar surface area (TPSA) is 27.7 Å². The van der Waals surface area contributed by atoms with Crippen molar-refractivity contribution in [1.29, 1.82) is 0 Å². The van der Waals surface area contributed by atoms with Crippen LogP contribution in [0.2, 0.25) is 6.04 Å². The van der Waals surface area contributed by atoms with Crippen molar-refractivity contribution in [3.8, 4) is 0 Å². The molecule has 4 rings (SSSR count). The van der Waals surface area contributed by atoms with Crippen LogP contribution in [0.5, 0.6) is 0 Å². The normalized spacial score (nSPS) is 15.3. The van der Waals surface area contributed by atoms with Crippen LogP contribution < -0.4 is 0 Å². The SMILES string of the molecule is CCCCCCCCCC[Si](OCC)(OCC)OCC.FC1CCCc2c1ccc1c2ccc2ccccc21. The first-order valence-electron chi connectivity index (χ1n) is 15.6. The predicted octanol–water partition coefficient (Wildman–Crippen LogP) is 10.5. The quantitative estimate of drug-likeness (QED) is 0.106. The second kappa shape index (κ2) is 17.1. The Kier molecular flexibility index (Phi) is 13.9. The van der Waals surface area contributed by atoms with Crippen LogP contribution in [0.3, 0.4) is 0 Å². The number of alkyl halides is 1. The molecule has 3 aromatic carbocycles. The van der Waals surface area contributed by atoms with Crippen molar-refractivity contribution < 1.29 is 17.7 Å². The third-order valence-electron chi connectivity index (χ3n) is 7.72. The molecule has 3 aromatic rings. The molecule has 0 aromatic heterocycles. The van der Waals surface area contributed by atoms with Crippen molar-refractivity contribution >= 4 is 30.3 Å². The molecule has 0 radical (unpaired) electrons. The molecule has 0 saturated heterocycles. The summed E-state index contributed by atoms with van der Waals surface area (Å²) < 4.78 is 31.6. The van der Waals surface area contributed by atoms with Gasteiger partial charge >= 0.3 is 8.80 Å². The van der Waals surface area contributed by atoms with E-state index in [1.165, 1.54) is 78.5 Å². The lowest BCUT2D eigenvalue weighted by molar-refractivity contribution is 0.0706. The minimum absolute atomic E-state index is 0.673. The number of benzene rings is 3. The van der Waals surface area contributed by atoms with E-state index in [0.717, 1.165) is 24.4 Å². The molecule has 0 saturated carbocycles. The molecule has 5 heteroatoms. The Morgan fingerprint density at radius 3 is 1.97 bits per heavy atom. The fourth-order valence-electron chi connectivity index (χ4n) is 5.83. The minimum Gasteiger partial charge on any atom is -0.374 e. The van der Waals surface area contributed by atoms with Gasteiger partial charge in [0, 0.05) is 25.9 Å². The van der Waals surface area contributed by atoms with Gasteiger partial charge in [0.05, 0.1) is 0 Å². The average Bonchev–Trinajstić information content (AvgIpc) is 2.95. The van der Waals surface area contributed by atoms with Gasteiger partial charge in [-0.05, 0) is 79.1 Å². The van der Waals surface area contributed by atoms with Crippen LogP contribution in [0.15, 0.2) is 48.5 Å². The van der Waals surface area contributed by atoms with Crippen molar-refractivity contribution in [2.45, 2.75) is 111 Å². The van der Waals surface area contributed by atoms with Gasteiger partial charge in [0.15, 0.2) is 0 Å². The first-order valence-corrected chi connectivity index (χ1v) is 17.5. The van der Waals surface area contributed by atoms with Gasteiger partial charge in [0.1, 0.15) is 6.17 Å². The van der Waals surface area contributed by atoms with Gasteiger partial charge in [0.25, 0.3) is 0 Å². The Hall–Kier alpha value is -1.79.